The summed E-state index contributed by atoms with van der Waals surface area (Å²) in [5.41, 5.74) is 1.16. The molecule has 1 aliphatic heterocycles. The van der Waals surface area contributed by atoms with Crippen molar-refractivity contribution < 1.29 is 9.59 Å². The molecule has 1 aromatic rings. The lowest BCUT2D eigenvalue weighted by atomic mass is 10.1. The molecule has 26 heavy (non-hydrogen) atoms. The number of rotatable bonds is 7. The van der Waals surface area contributed by atoms with Crippen LogP contribution in [0, 0.1) is 0 Å². The number of amides is 2. The molecule has 0 aromatic heterocycles. The Labute approximate surface area is 157 Å². The number of benzene rings is 1. The van der Waals surface area contributed by atoms with Crippen molar-refractivity contribution in [3.8, 4) is 0 Å². The van der Waals surface area contributed by atoms with Crippen LogP contribution in [0.3, 0.4) is 0 Å². The fraction of sp³-hybridized carbons (Fsp3) is 0.600. The minimum atomic E-state index is -0.260. The van der Waals surface area contributed by atoms with Crippen molar-refractivity contribution in [2.45, 2.75) is 38.8 Å². The van der Waals surface area contributed by atoms with Crippen LogP contribution >= 0.6 is 0 Å². The number of likely N-dealkylation sites (N-methyl/N-ethyl adjacent to an activating group) is 1. The van der Waals surface area contributed by atoms with E-state index in [0.717, 1.165) is 25.2 Å². The highest BCUT2D eigenvalue weighted by molar-refractivity contribution is 5.83. The molecule has 144 valence electrons. The zero-order valence-corrected chi connectivity index (χ0v) is 16.4. The zero-order valence-electron chi connectivity index (χ0n) is 16.4. The summed E-state index contributed by atoms with van der Waals surface area (Å²) in [7, 11) is 3.70. The number of hydrogen-bond acceptors (Lipinski definition) is 4. The SMILES string of the molecule is CNC(=O)[C@@H]1CN(C(=O)CCCN(C)c2ccccc2)CCN1C(C)C. The number of anilines is 1. The van der Waals surface area contributed by atoms with E-state index in [-0.39, 0.29) is 23.9 Å². The number of nitrogens with one attached hydrogen (secondary N) is 1. The topological polar surface area (TPSA) is 55.9 Å². The van der Waals surface area contributed by atoms with E-state index in [9.17, 15) is 9.59 Å². The van der Waals surface area contributed by atoms with Gasteiger partial charge in [-0.1, -0.05) is 18.2 Å². The highest BCUT2D eigenvalue weighted by Gasteiger charge is 2.34. The molecule has 6 heteroatoms. The second-order valence-corrected chi connectivity index (χ2v) is 7.16. The molecule has 0 spiro atoms. The monoisotopic (exact) mass is 360 g/mol. The van der Waals surface area contributed by atoms with Crippen molar-refractivity contribution in [2.75, 3.05) is 45.2 Å². The van der Waals surface area contributed by atoms with Crippen LogP contribution < -0.4 is 10.2 Å². The molecular formula is C20H32N4O2. The van der Waals surface area contributed by atoms with Crippen molar-refractivity contribution in [2.24, 2.45) is 0 Å². The molecule has 1 saturated heterocycles. The van der Waals surface area contributed by atoms with Crippen LogP contribution in [0.1, 0.15) is 26.7 Å². The lowest BCUT2D eigenvalue weighted by molar-refractivity contribution is -0.139. The molecule has 1 aliphatic rings. The van der Waals surface area contributed by atoms with Crippen molar-refractivity contribution in [3.63, 3.8) is 0 Å². The third-order valence-electron chi connectivity index (χ3n) is 5.07. The Morgan fingerprint density at radius 1 is 1.23 bits per heavy atom. The molecule has 0 aliphatic carbocycles. The Balaban J connectivity index is 1.84. The maximum atomic E-state index is 12.6. The van der Waals surface area contributed by atoms with E-state index >= 15 is 0 Å². The number of piperazine rings is 1. The van der Waals surface area contributed by atoms with Gasteiger partial charge < -0.3 is 15.1 Å². The van der Waals surface area contributed by atoms with Crippen molar-refractivity contribution >= 4 is 17.5 Å². The van der Waals surface area contributed by atoms with Crippen LogP contribution in [0.15, 0.2) is 30.3 Å². The lowest BCUT2D eigenvalue weighted by Crippen LogP contribution is -2.61. The third kappa shape index (κ3) is 5.21. The third-order valence-corrected chi connectivity index (χ3v) is 5.07. The number of hydrogen-bond donors (Lipinski definition) is 1. The Bertz CT molecular complexity index is 591. The largest absolute Gasteiger partial charge is 0.375 e. The first-order chi connectivity index (χ1) is 12.4. The molecule has 2 rings (SSSR count). The maximum absolute atomic E-state index is 12.6. The fourth-order valence-corrected chi connectivity index (χ4v) is 3.48. The highest BCUT2D eigenvalue weighted by Crippen LogP contribution is 2.16. The van der Waals surface area contributed by atoms with Gasteiger partial charge in [0.05, 0.1) is 0 Å². The molecule has 1 atom stereocenters. The maximum Gasteiger partial charge on any atom is 0.238 e. The molecule has 0 radical (unpaired) electrons. The summed E-state index contributed by atoms with van der Waals surface area (Å²) < 4.78 is 0. The van der Waals surface area contributed by atoms with E-state index in [1.54, 1.807) is 7.05 Å². The van der Waals surface area contributed by atoms with E-state index < -0.39 is 0 Å². The molecule has 2 amide bonds. The molecule has 0 bridgehead atoms. The average molecular weight is 361 g/mol. The van der Waals surface area contributed by atoms with Gasteiger partial charge in [0.2, 0.25) is 11.8 Å². The van der Waals surface area contributed by atoms with E-state index in [1.165, 1.54) is 0 Å². The first-order valence-corrected chi connectivity index (χ1v) is 9.45. The second kappa shape index (κ2) is 9.57. The first kappa shape index (κ1) is 20.2. The Morgan fingerprint density at radius 2 is 1.92 bits per heavy atom. The molecule has 1 N–H and O–H groups in total. The Kier molecular flexibility index (Phi) is 7.45. The van der Waals surface area contributed by atoms with Crippen LogP contribution in [-0.4, -0.2) is 74.0 Å². The molecular weight excluding hydrogens is 328 g/mol. The Morgan fingerprint density at radius 3 is 2.54 bits per heavy atom. The molecule has 6 nitrogen and oxygen atoms in total. The molecule has 0 saturated carbocycles. The summed E-state index contributed by atoms with van der Waals surface area (Å²) in [6, 6.07) is 10.2. The first-order valence-electron chi connectivity index (χ1n) is 9.45. The van der Waals surface area contributed by atoms with Gasteiger partial charge in [-0.2, -0.15) is 0 Å². The Hall–Kier alpha value is -2.08. The summed E-state index contributed by atoms with van der Waals surface area (Å²) >= 11 is 0. The molecule has 1 fully saturated rings. The van der Waals surface area contributed by atoms with Gasteiger partial charge in [-0.15, -0.1) is 0 Å². The normalized spacial score (nSPS) is 18.0. The van der Waals surface area contributed by atoms with Crippen LogP contribution in [-0.2, 0) is 9.59 Å². The minimum Gasteiger partial charge on any atom is -0.375 e. The van der Waals surface area contributed by atoms with Crippen LogP contribution in [0.2, 0.25) is 0 Å². The average Bonchev–Trinajstić information content (AvgIpc) is 2.67. The summed E-state index contributed by atoms with van der Waals surface area (Å²) in [6.45, 7) is 6.93. The standard InChI is InChI=1S/C20H32N4O2/c1-16(2)24-14-13-23(15-18(24)20(26)21-3)19(25)11-8-12-22(4)17-9-6-5-7-10-17/h5-7,9-10,16,18H,8,11-15H2,1-4H3,(H,21,26)/t18-/m0/s1. The van der Waals surface area contributed by atoms with Gasteiger partial charge >= 0.3 is 0 Å². The van der Waals surface area contributed by atoms with Crippen LogP contribution in [0.5, 0.6) is 0 Å². The predicted molar refractivity (Wildman–Crippen MR) is 105 cm³/mol. The smallest absolute Gasteiger partial charge is 0.238 e. The summed E-state index contributed by atoms with van der Waals surface area (Å²) in [6.07, 6.45) is 1.32. The number of carbonyl (C=O) groups is 2. The van der Waals surface area contributed by atoms with E-state index in [4.69, 9.17) is 0 Å². The predicted octanol–water partition coefficient (Wildman–Crippen LogP) is 1.57. The molecule has 1 heterocycles. The van der Waals surface area contributed by atoms with Crippen molar-refractivity contribution in [3.05, 3.63) is 30.3 Å². The van der Waals surface area contributed by atoms with Gasteiger partial charge in [0.15, 0.2) is 0 Å². The summed E-state index contributed by atoms with van der Waals surface area (Å²) in [4.78, 5) is 31.0. The fourth-order valence-electron chi connectivity index (χ4n) is 3.48. The van der Waals surface area contributed by atoms with Gasteiger partial charge in [0, 0.05) is 58.4 Å². The minimum absolute atomic E-state index is 0.0139. The summed E-state index contributed by atoms with van der Waals surface area (Å²) in [5.74, 6) is 0.129. The van der Waals surface area contributed by atoms with Gasteiger partial charge in [0.25, 0.3) is 0 Å². The quantitative estimate of drug-likeness (QED) is 0.802. The van der Waals surface area contributed by atoms with Crippen molar-refractivity contribution in [1.29, 1.82) is 0 Å². The lowest BCUT2D eigenvalue weighted by Gasteiger charge is -2.42. The second-order valence-electron chi connectivity index (χ2n) is 7.16. The summed E-state index contributed by atoms with van der Waals surface area (Å²) in [5, 5.41) is 2.73. The zero-order chi connectivity index (χ0) is 19.1. The number of nitrogens with zero attached hydrogens (tertiary/aromatic N) is 3. The number of para-hydroxylation sites is 1. The molecule has 1 aromatic carbocycles. The highest BCUT2D eigenvalue weighted by atomic mass is 16.2. The van der Waals surface area contributed by atoms with Gasteiger partial charge in [0.1, 0.15) is 6.04 Å². The van der Waals surface area contributed by atoms with Gasteiger partial charge in [-0.05, 0) is 32.4 Å². The molecule has 0 unspecified atom stereocenters. The van der Waals surface area contributed by atoms with Crippen LogP contribution in [0.25, 0.3) is 0 Å². The van der Waals surface area contributed by atoms with E-state index in [2.05, 4.69) is 41.1 Å². The van der Waals surface area contributed by atoms with E-state index in [0.29, 0.717) is 19.5 Å². The van der Waals surface area contributed by atoms with Crippen LogP contribution in [0.4, 0.5) is 5.69 Å². The van der Waals surface area contributed by atoms with Gasteiger partial charge in [-0.25, -0.2) is 0 Å². The van der Waals surface area contributed by atoms with Gasteiger partial charge in [-0.3, -0.25) is 14.5 Å². The van der Waals surface area contributed by atoms with E-state index in [1.807, 2.05) is 30.1 Å². The van der Waals surface area contributed by atoms with Crippen molar-refractivity contribution in [1.82, 2.24) is 15.1 Å². The number of carbonyl (C=O) groups excluding carboxylic acids is 2.